The summed E-state index contributed by atoms with van der Waals surface area (Å²) in [4.78, 5) is 10.9. The Morgan fingerprint density at radius 3 is 2.69 bits per heavy atom. The molecule has 90 valence electrons. The van der Waals surface area contributed by atoms with Crippen LogP contribution in [0.4, 0.5) is 18.0 Å². The van der Waals surface area contributed by atoms with Crippen LogP contribution in [0.2, 0.25) is 0 Å². The lowest BCUT2D eigenvalue weighted by molar-refractivity contribution is -0.122. The van der Waals surface area contributed by atoms with Gasteiger partial charge in [0.1, 0.15) is 6.54 Å². The zero-order valence-electron chi connectivity index (χ0n) is 8.51. The monoisotopic (exact) mass is 236 g/mol. The highest BCUT2D eigenvalue weighted by atomic mass is 19.4. The van der Waals surface area contributed by atoms with Gasteiger partial charge in [-0.15, -0.1) is 0 Å². The fourth-order valence-electron chi connectivity index (χ4n) is 0.989. The summed E-state index contributed by atoms with van der Waals surface area (Å²) in [6, 6.07) is -0.860. The molecule has 0 atom stereocenters. The van der Waals surface area contributed by atoms with Gasteiger partial charge in [-0.2, -0.15) is 18.3 Å². The maximum absolute atomic E-state index is 11.7. The number of halogens is 3. The Labute approximate surface area is 89.6 Å². The number of carbonyl (C=O) groups excluding carboxylic acids is 1. The number of amides is 2. The number of carbonyl (C=O) groups is 1. The average molecular weight is 236 g/mol. The number of nitrogens with zero attached hydrogens (tertiary/aromatic N) is 2. The molecule has 0 saturated carbocycles. The molecule has 0 fully saturated rings. The van der Waals surface area contributed by atoms with Crippen LogP contribution in [0.3, 0.4) is 0 Å². The van der Waals surface area contributed by atoms with Gasteiger partial charge in [0.25, 0.3) is 0 Å². The van der Waals surface area contributed by atoms with Gasteiger partial charge < -0.3 is 10.6 Å². The molecule has 8 heteroatoms. The second-order valence-electron chi connectivity index (χ2n) is 3.17. The van der Waals surface area contributed by atoms with Gasteiger partial charge in [0.15, 0.2) is 0 Å². The van der Waals surface area contributed by atoms with E-state index in [1.54, 1.807) is 18.6 Å². The van der Waals surface area contributed by atoms with Gasteiger partial charge in [-0.3, -0.25) is 4.68 Å². The first-order valence-electron chi connectivity index (χ1n) is 4.43. The summed E-state index contributed by atoms with van der Waals surface area (Å²) in [5.41, 5.74) is 0.713. The van der Waals surface area contributed by atoms with Crippen molar-refractivity contribution in [2.24, 2.45) is 7.05 Å². The summed E-state index contributed by atoms with van der Waals surface area (Å²) in [6.07, 6.45) is -1.22. The van der Waals surface area contributed by atoms with E-state index in [-0.39, 0.29) is 6.54 Å². The lowest BCUT2D eigenvalue weighted by atomic mass is 10.4. The van der Waals surface area contributed by atoms with Crippen LogP contribution in [0, 0.1) is 0 Å². The molecule has 2 amide bonds. The van der Waals surface area contributed by atoms with Crippen molar-refractivity contribution in [3.63, 3.8) is 0 Å². The van der Waals surface area contributed by atoms with Crippen molar-refractivity contribution in [2.75, 3.05) is 6.54 Å². The standard InChI is InChI=1S/C8H11F3N4O/c1-15-4-6(3-14-15)2-12-7(16)13-5-8(9,10)11/h3-4H,2,5H2,1H3,(H2,12,13,16). The number of aryl methyl sites for hydroxylation is 1. The maximum atomic E-state index is 11.7. The highest BCUT2D eigenvalue weighted by molar-refractivity contribution is 5.73. The maximum Gasteiger partial charge on any atom is 0.405 e. The lowest BCUT2D eigenvalue weighted by Gasteiger charge is -2.08. The minimum atomic E-state index is -4.40. The summed E-state index contributed by atoms with van der Waals surface area (Å²) < 4.78 is 36.7. The molecule has 1 aromatic rings. The van der Waals surface area contributed by atoms with E-state index in [4.69, 9.17) is 0 Å². The molecule has 0 aliphatic heterocycles. The topological polar surface area (TPSA) is 59.0 Å². The van der Waals surface area contributed by atoms with Crippen molar-refractivity contribution in [2.45, 2.75) is 12.7 Å². The van der Waals surface area contributed by atoms with Gasteiger partial charge in [-0.25, -0.2) is 4.79 Å². The Balaban J connectivity index is 2.25. The summed E-state index contributed by atoms with van der Waals surface area (Å²) in [5.74, 6) is 0. The van der Waals surface area contributed by atoms with E-state index in [1.807, 2.05) is 0 Å². The van der Waals surface area contributed by atoms with Gasteiger partial charge in [0, 0.05) is 25.4 Å². The largest absolute Gasteiger partial charge is 0.405 e. The number of nitrogens with one attached hydrogen (secondary N) is 2. The van der Waals surface area contributed by atoms with Crippen LogP contribution in [0.25, 0.3) is 0 Å². The number of aromatic nitrogens is 2. The number of hydrogen-bond donors (Lipinski definition) is 2. The summed E-state index contributed by atoms with van der Waals surface area (Å²) >= 11 is 0. The van der Waals surface area contributed by atoms with Gasteiger partial charge in [-0.05, 0) is 0 Å². The molecule has 1 heterocycles. The van der Waals surface area contributed by atoms with Gasteiger partial charge in [-0.1, -0.05) is 0 Å². The van der Waals surface area contributed by atoms with Crippen molar-refractivity contribution in [3.05, 3.63) is 18.0 Å². The van der Waals surface area contributed by atoms with Crippen LogP contribution >= 0.6 is 0 Å². The van der Waals surface area contributed by atoms with E-state index in [0.717, 1.165) is 0 Å². The van der Waals surface area contributed by atoms with Gasteiger partial charge >= 0.3 is 12.2 Å². The Kier molecular flexibility index (Phi) is 3.75. The van der Waals surface area contributed by atoms with Gasteiger partial charge in [0.2, 0.25) is 0 Å². The van der Waals surface area contributed by atoms with Crippen LogP contribution in [-0.4, -0.2) is 28.5 Å². The number of urea groups is 1. The Bertz CT molecular complexity index is 360. The number of alkyl halides is 3. The van der Waals surface area contributed by atoms with Crippen LogP contribution in [-0.2, 0) is 13.6 Å². The van der Waals surface area contributed by atoms with Crippen molar-refractivity contribution in [3.8, 4) is 0 Å². The normalized spacial score (nSPS) is 11.2. The third-order valence-electron chi connectivity index (χ3n) is 1.66. The first-order valence-corrected chi connectivity index (χ1v) is 4.43. The molecular formula is C8H11F3N4O. The Morgan fingerprint density at radius 2 is 2.19 bits per heavy atom. The molecule has 1 rings (SSSR count). The van der Waals surface area contributed by atoms with Crippen molar-refractivity contribution < 1.29 is 18.0 Å². The zero-order valence-corrected chi connectivity index (χ0v) is 8.51. The number of hydrogen-bond acceptors (Lipinski definition) is 2. The smallest absolute Gasteiger partial charge is 0.334 e. The van der Waals surface area contributed by atoms with Crippen molar-refractivity contribution >= 4 is 6.03 Å². The molecule has 0 aliphatic rings. The van der Waals surface area contributed by atoms with Crippen LogP contribution in [0.5, 0.6) is 0 Å². The van der Waals surface area contributed by atoms with Crippen molar-refractivity contribution in [1.29, 1.82) is 0 Å². The molecule has 0 spiro atoms. The van der Waals surface area contributed by atoms with E-state index in [0.29, 0.717) is 5.56 Å². The van der Waals surface area contributed by atoms with Crippen LogP contribution < -0.4 is 10.6 Å². The molecule has 16 heavy (non-hydrogen) atoms. The highest BCUT2D eigenvalue weighted by Gasteiger charge is 2.27. The molecule has 5 nitrogen and oxygen atoms in total. The first kappa shape index (κ1) is 12.3. The summed E-state index contributed by atoms with van der Waals surface area (Å²) in [7, 11) is 1.70. The van der Waals surface area contributed by atoms with E-state index in [9.17, 15) is 18.0 Å². The first-order chi connectivity index (χ1) is 7.37. The molecule has 0 bridgehead atoms. The van der Waals surface area contributed by atoms with Crippen LogP contribution in [0.15, 0.2) is 12.4 Å². The second-order valence-corrected chi connectivity index (χ2v) is 3.17. The van der Waals surface area contributed by atoms with E-state index < -0.39 is 18.8 Å². The quantitative estimate of drug-likeness (QED) is 0.814. The Morgan fingerprint density at radius 1 is 1.50 bits per heavy atom. The molecule has 1 aromatic heterocycles. The second kappa shape index (κ2) is 4.86. The predicted octanol–water partition coefficient (Wildman–Crippen LogP) is 0.782. The minimum absolute atomic E-state index is 0.136. The minimum Gasteiger partial charge on any atom is -0.334 e. The van der Waals surface area contributed by atoms with E-state index in [2.05, 4.69) is 10.4 Å². The third-order valence-corrected chi connectivity index (χ3v) is 1.66. The number of rotatable bonds is 3. The molecule has 2 N–H and O–H groups in total. The fourth-order valence-corrected chi connectivity index (χ4v) is 0.989. The molecule has 0 aliphatic carbocycles. The predicted molar refractivity (Wildman–Crippen MR) is 49.5 cm³/mol. The Hall–Kier alpha value is -1.73. The fraction of sp³-hybridized carbons (Fsp3) is 0.500. The van der Waals surface area contributed by atoms with Crippen LogP contribution in [0.1, 0.15) is 5.56 Å². The van der Waals surface area contributed by atoms with E-state index >= 15 is 0 Å². The van der Waals surface area contributed by atoms with Crippen molar-refractivity contribution in [1.82, 2.24) is 20.4 Å². The summed E-state index contributed by atoms with van der Waals surface area (Å²) in [5, 5.41) is 7.82. The molecular weight excluding hydrogens is 225 g/mol. The highest BCUT2D eigenvalue weighted by Crippen LogP contribution is 2.11. The molecule has 0 unspecified atom stereocenters. The zero-order chi connectivity index (χ0) is 12.2. The lowest BCUT2D eigenvalue weighted by Crippen LogP contribution is -2.40. The molecule has 0 radical (unpaired) electrons. The summed E-state index contributed by atoms with van der Waals surface area (Å²) in [6.45, 7) is -1.20. The third kappa shape index (κ3) is 4.67. The average Bonchev–Trinajstić information content (AvgIpc) is 2.57. The van der Waals surface area contributed by atoms with Gasteiger partial charge in [0.05, 0.1) is 6.20 Å². The molecule has 0 saturated heterocycles. The molecule has 0 aromatic carbocycles. The SMILES string of the molecule is Cn1cc(CNC(=O)NCC(F)(F)F)cn1. The van der Waals surface area contributed by atoms with E-state index in [1.165, 1.54) is 10.9 Å².